The molecule has 0 unspecified atom stereocenters. The van der Waals surface area contributed by atoms with E-state index in [0.29, 0.717) is 47.4 Å². The zero-order valence-corrected chi connectivity index (χ0v) is 22.3. The number of hydrogen-bond donors (Lipinski definition) is 0. The minimum atomic E-state index is -4.75. The van der Waals surface area contributed by atoms with Gasteiger partial charge in [0, 0.05) is 29.3 Å². The predicted molar refractivity (Wildman–Crippen MR) is 142 cm³/mol. The lowest BCUT2D eigenvalue weighted by Crippen LogP contribution is -2.13. The van der Waals surface area contributed by atoms with Crippen LogP contribution >= 0.6 is 0 Å². The van der Waals surface area contributed by atoms with Gasteiger partial charge in [0.25, 0.3) is 0 Å². The molecule has 0 N–H and O–H groups in total. The Balaban J connectivity index is 1.33. The number of benzene rings is 3. The van der Waals surface area contributed by atoms with E-state index in [9.17, 15) is 18.0 Å². The number of carbonyl (C=O) groups excluding carboxylic acids is 1. The van der Waals surface area contributed by atoms with E-state index in [1.54, 1.807) is 53.3 Å². The number of nitrogens with zero attached hydrogens (tertiary/aromatic N) is 2. The predicted octanol–water partition coefficient (Wildman–Crippen LogP) is 7.11. The second-order valence-electron chi connectivity index (χ2n) is 10.3. The van der Waals surface area contributed by atoms with Crippen molar-refractivity contribution in [2.75, 3.05) is 13.7 Å². The van der Waals surface area contributed by atoms with Crippen molar-refractivity contribution in [1.29, 1.82) is 0 Å². The van der Waals surface area contributed by atoms with Crippen molar-refractivity contribution in [3.05, 3.63) is 94.6 Å². The van der Waals surface area contributed by atoms with Gasteiger partial charge < -0.3 is 14.2 Å². The lowest BCUT2D eigenvalue weighted by atomic mass is 9.90. The van der Waals surface area contributed by atoms with Crippen LogP contribution in [-0.2, 0) is 22.1 Å². The number of carbonyl (C=O) groups is 1. The molecule has 0 amide bonds. The Morgan fingerprint density at radius 1 is 1.12 bits per heavy atom. The van der Waals surface area contributed by atoms with Crippen molar-refractivity contribution in [3.63, 3.8) is 0 Å². The summed E-state index contributed by atoms with van der Waals surface area (Å²) in [5.41, 5.74) is 2.06. The monoisotopic (exact) mass is 566 g/mol. The van der Waals surface area contributed by atoms with E-state index in [0.717, 1.165) is 11.3 Å². The van der Waals surface area contributed by atoms with Crippen LogP contribution in [0, 0.1) is 12.7 Å². The number of aromatic nitrogens is 2. The summed E-state index contributed by atoms with van der Waals surface area (Å²) in [7, 11) is 1.33. The van der Waals surface area contributed by atoms with Crippen LogP contribution in [0.2, 0.25) is 0 Å². The third kappa shape index (κ3) is 5.03. The molecule has 3 aromatic carbocycles. The molecule has 0 fully saturated rings. The fourth-order valence-corrected chi connectivity index (χ4v) is 5.70. The first-order valence-corrected chi connectivity index (χ1v) is 13.2. The molecule has 41 heavy (non-hydrogen) atoms. The van der Waals surface area contributed by atoms with Gasteiger partial charge in [-0.2, -0.15) is 18.3 Å². The van der Waals surface area contributed by atoms with Crippen LogP contribution in [0.1, 0.15) is 52.8 Å². The number of hydrogen-bond acceptors (Lipinski definition) is 5. The molecular formula is C31H26F4N2O4. The van der Waals surface area contributed by atoms with Crippen molar-refractivity contribution in [2.24, 2.45) is 0 Å². The van der Waals surface area contributed by atoms with Gasteiger partial charge in [0.15, 0.2) is 0 Å². The van der Waals surface area contributed by atoms with Gasteiger partial charge in [0.1, 0.15) is 23.4 Å². The van der Waals surface area contributed by atoms with Crippen LogP contribution in [0.5, 0.6) is 11.5 Å². The standard InChI is InChI=1S/C31H26F4N2O4/c1-17-11-12-37(36-17)20-5-3-18(4-6-20)29-23-9-10-26(30(23)25(32)15-24(29)31(33,34)35)41-21-7-8-22-19(13-28(38)39-2)16-40-27(22)14-21/h3-8,11-12,14-15,19,26H,9-10,13,16H2,1-2H3/t19-,26-/m1/s1. The Hall–Kier alpha value is -4.34. The fourth-order valence-electron chi connectivity index (χ4n) is 5.70. The molecule has 212 valence electrons. The molecule has 0 saturated carbocycles. The second-order valence-corrected chi connectivity index (χ2v) is 10.3. The summed E-state index contributed by atoms with van der Waals surface area (Å²) in [5.74, 6) is -0.485. The highest BCUT2D eigenvalue weighted by molar-refractivity contribution is 5.75. The molecule has 1 aliphatic heterocycles. The van der Waals surface area contributed by atoms with Crippen molar-refractivity contribution in [2.45, 2.75) is 44.4 Å². The Morgan fingerprint density at radius 2 is 1.90 bits per heavy atom. The molecule has 10 heteroatoms. The molecule has 2 heterocycles. The molecule has 2 aliphatic rings. The fraction of sp³-hybridized carbons (Fsp3) is 0.290. The summed E-state index contributed by atoms with van der Waals surface area (Å²) in [6, 6.07) is 14.2. The van der Waals surface area contributed by atoms with E-state index in [1.807, 2.05) is 13.0 Å². The van der Waals surface area contributed by atoms with Crippen LogP contribution in [0.15, 0.2) is 60.8 Å². The average molecular weight is 567 g/mol. The van der Waals surface area contributed by atoms with Crippen molar-refractivity contribution < 1.29 is 36.6 Å². The van der Waals surface area contributed by atoms with E-state index in [1.165, 1.54) is 7.11 Å². The van der Waals surface area contributed by atoms with E-state index in [2.05, 4.69) is 5.10 Å². The zero-order valence-electron chi connectivity index (χ0n) is 22.3. The molecule has 1 aromatic heterocycles. The summed E-state index contributed by atoms with van der Waals surface area (Å²) < 4.78 is 76.2. The molecule has 6 nitrogen and oxygen atoms in total. The molecule has 0 saturated heterocycles. The highest BCUT2D eigenvalue weighted by Gasteiger charge is 2.40. The summed E-state index contributed by atoms with van der Waals surface area (Å²) in [4.78, 5) is 11.7. The van der Waals surface area contributed by atoms with E-state index in [-0.39, 0.29) is 35.9 Å². The number of halogens is 4. The summed E-state index contributed by atoms with van der Waals surface area (Å²) >= 11 is 0. The first-order chi connectivity index (χ1) is 19.6. The van der Waals surface area contributed by atoms with E-state index < -0.39 is 23.7 Å². The lowest BCUT2D eigenvalue weighted by molar-refractivity contribution is -0.141. The lowest BCUT2D eigenvalue weighted by Gasteiger charge is -2.21. The number of ether oxygens (including phenoxy) is 3. The molecule has 2 atom stereocenters. The van der Waals surface area contributed by atoms with Crippen LogP contribution in [0.3, 0.4) is 0 Å². The summed E-state index contributed by atoms with van der Waals surface area (Å²) in [6.45, 7) is 2.16. The van der Waals surface area contributed by atoms with E-state index >= 15 is 4.39 Å². The first-order valence-electron chi connectivity index (χ1n) is 13.2. The van der Waals surface area contributed by atoms with E-state index in [4.69, 9.17) is 14.2 Å². The highest BCUT2D eigenvalue weighted by Crippen LogP contribution is 2.48. The van der Waals surface area contributed by atoms with Gasteiger partial charge in [-0.25, -0.2) is 9.07 Å². The minimum absolute atomic E-state index is 0.0360. The molecule has 0 spiro atoms. The highest BCUT2D eigenvalue weighted by atomic mass is 19.4. The maximum atomic E-state index is 15.4. The topological polar surface area (TPSA) is 62.6 Å². The third-order valence-electron chi connectivity index (χ3n) is 7.64. The van der Waals surface area contributed by atoms with Gasteiger partial charge in [-0.05, 0) is 66.8 Å². The molecule has 1 aliphatic carbocycles. The number of esters is 1. The van der Waals surface area contributed by atoms with Gasteiger partial charge in [-0.1, -0.05) is 18.2 Å². The van der Waals surface area contributed by atoms with Crippen LogP contribution in [0.25, 0.3) is 16.8 Å². The molecular weight excluding hydrogens is 540 g/mol. The van der Waals surface area contributed by atoms with Crippen molar-refractivity contribution in [1.82, 2.24) is 9.78 Å². The number of fused-ring (bicyclic) bond motifs is 2. The van der Waals surface area contributed by atoms with Gasteiger partial charge in [-0.3, -0.25) is 4.79 Å². The van der Waals surface area contributed by atoms with Crippen LogP contribution < -0.4 is 9.47 Å². The maximum absolute atomic E-state index is 15.4. The molecule has 6 rings (SSSR count). The summed E-state index contributed by atoms with van der Waals surface area (Å²) in [6.07, 6.45) is -3.04. The number of methoxy groups -OCH3 is 1. The largest absolute Gasteiger partial charge is 0.492 e. The third-order valence-corrected chi connectivity index (χ3v) is 7.64. The normalized spacial score (nSPS) is 17.6. The smallest absolute Gasteiger partial charge is 0.417 e. The Kier molecular flexibility index (Phi) is 6.71. The van der Waals surface area contributed by atoms with Gasteiger partial charge in [0.2, 0.25) is 0 Å². The minimum Gasteiger partial charge on any atom is -0.492 e. The van der Waals surface area contributed by atoms with Crippen LogP contribution in [-0.4, -0.2) is 29.5 Å². The Bertz CT molecular complexity index is 1630. The van der Waals surface area contributed by atoms with Gasteiger partial charge >= 0.3 is 12.1 Å². The number of rotatable bonds is 6. The molecule has 0 radical (unpaired) electrons. The van der Waals surface area contributed by atoms with Crippen molar-refractivity contribution in [3.8, 4) is 28.3 Å². The molecule has 0 bridgehead atoms. The quantitative estimate of drug-likeness (QED) is 0.184. The maximum Gasteiger partial charge on any atom is 0.417 e. The van der Waals surface area contributed by atoms with Crippen LogP contribution in [0.4, 0.5) is 17.6 Å². The molecule has 4 aromatic rings. The van der Waals surface area contributed by atoms with Gasteiger partial charge in [-0.15, -0.1) is 0 Å². The zero-order chi connectivity index (χ0) is 28.9. The first kappa shape index (κ1) is 26.9. The second kappa shape index (κ2) is 10.2. The Labute approximate surface area is 233 Å². The Morgan fingerprint density at radius 3 is 2.59 bits per heavy atom. The van der Waals surface area contributed by atoms with Gasteiger partial charge in [0.05, 0.1) is 37.1 Å². The summed E-state index contributed by atoms with van der Waals surface area (Å²) in [5, 5.41) is 4.34. The average Bonchev–Trinajstić information content (AvgIpc) is 3.67. The number of alkyl halides is 3. The van der Waals surface area contributed by atoms with Crippen molar-refractivity contribution >= 4 is 5.97 Å². The number of aryl methyl sites for hydroxylation is 1. The SMILES string of the molecule is COC(=O)C[C@@H]1COc2cc(O[C@@H]3CCc4c(-c5ccc(-n6ccc(C)n6)cc5)c(C(F)(F)F)cc(F)c43)ccc21.